The van der Waals surface area contributed by atoms with Gasteiger partial charge in [0.25, 0.3) is 0 Å². The molecule has 0 spiro atoms. The number of methoxy groups -OCH3 is 1. The molecule has 0 bridgehead atoms. The fourth-order valence-electron chi connectivity index (χ4n) is 2.07. The summed E-state index contributed by atoms with van der Waals surface area (Å²) >= 11 is 0. The van der Waals surface area contributed by atoms with Crippen LogP contribution in [0.2, 0.25) is 0 Å². The van der Waals surface area contributed by atoms with Gasteiger partial charge in [0.2, 0.25) is 0 Å². The maximum Gasteiger partial charge on any atom is 0.312 e. The maximum atomic E-state index is 11.5. The first kappa shape index (κ1) is 12.5. The molecule has 0 amide bonds. The molecule has 1 unspecified atom stereocenters. The number of nitrogens with zero attached hydrogens (tertiary/aromatic N) is 1. The number of esters is 1. The van der Waals surface area contributed by atoms with Crippen LogP contribution in [0.1, 0.15) is 26.7 Å². The molecule has 1 N–H and O–H groups in total. The van der Waals surface area contributed by atoms with Crippen molar-refractivity contribution in [2.45, 2.75) is 32.8 Å². The zero-order valence-electron chi connectivity index (χ0n) is 9.82. The van der Waals surface area contributed by atoms with Crippen LogP contribution >= 0.6 is 0 Å². The number of ether oxygens (including phenoxy) is 1. The minimum Gasteiger partial charge on any atom is -0.469 e. The van der Waals surface area contributed by atoms with Crippen molar-refractivity contribution < 1.29 is 14.6 Å². The summed E-state index contributed by atoms with van der Waals surface area (Å²) in [6.07, 6.45) is 1.63. The molecule has 0 aromatic heterocycles. The lowest BCUT2D eigenvalue weighted by Crippen LogP contribution is -2.45. The highest BCUT2D eigenvalue weighted by molar-refractivity contribution is 5.76. The molecule has 1 rings (SSSR count). The normalized spacial score (nSPS) is 23.9. The Hall–Kier alpha value is -0.610. The molecule has 1 atom stereocenters. The highest BCUT2D eigenvalue weighted by Crippen LogP contribution is 2.21. The Kier molecular flexibility index (Phi) is 4.11. The second-order valence-corrected chi connectivity index (χ2v) is 4.91. The Morgan fingerprint density at radius 3 is 2.80 bits per heavy atom. The summed E-state index contributed by atoms with van der Waals surface area (Å²) < 4.78 is 4.76. The van der Waals surface area contributed by atoms with Crippen LogP contribution < -0.4 is 0 Å². The van der Waals surface area contributed by atoms with Crippen LogP contribution in [0.3, 0.4) is 0 Å². The van der Waals surface area contributed by atoms with E-state index in [0.29, 0.717) is 13.1 Å². The van der Waals surface area contributed by atoms with E-state index in [1.54, 1.807) is 0 Å². The molecule has 1 aliphatic heterocycles. The van der Waals surface area contributed by atoms with E-state index in [-0.39, 0.29) is 12.1 Å². The van der Waals surface area contributed by atoms with E-state index < -0.39 is 5.41 Å². The highest BCUT2D eigenvalue weighted by atomic mass is 16.5. The smallest absolute Gasteiger partial charge is 0.312 e. The van der Waals surface area contributed by atoms with Gasteiger partial charge in [-0.3, -0.25) is 9.69 Å². The van der Waals surface area contributed by atoms with Crippen molar-refractivity contribution in [3.63, 3.8) is 0 Å². The van der Waals surface area contributed by atoms with Crippen LogP contribution in [-0.4, -0.2) is 48.8 Å². The second kappa shape index (κ2) is 4.94. The summed E-state index contributed by atoms with van der Waals surface area (Å²) in [5.41, 5.74) is -0.494. The van der Waals surface area contributed by atoms with E-state index >= 15 is 0 Å². The molecule has 4 heteroatoms. The van der Waals surface area contributed by atoms with E-state index in [0.717, 1.165) is 19.4 Å². The largest absolute Gasteiger partial charge is 0.469 e. The molecule has 88 valence electrons. The van der Waals surface area contributed by atoms with Crippen LogP contribution in [0.5, 0.6) is 0 Å². The molecule has 1 heterocycles. The molecule has 4 nitrogen and oxygen atoms in total. The van der Waals surface area contributed by atoms with Crippen LogP contribution in [0, 0.1) is 5.41 Å². The fourth-order valence-corrected chi connectivity index (χ4v) is 2.07. The lowest BCUT2D eigenvalue weighted by molar-refractivity contribution is -0.152. The van der Waals surface area contributed by atoms with Gasteiger partial charge in [-0.1, -0.05) is 0 Å². The number of carbonyl (C=O) groups excluding carboxylic acids is 1. The number of aliphatic hydroxyl groups is 1. The predicted octanol–water partition coefficient (Wildman–Crippen LogP) is 0.642. The van der Waals surface area contributed by atoms with Crippen molar-refractivity contribution in [2.75, 3.05) is 26.7 Å². The van der Waals surface area contributed by atoms with Gasteiger partial charge in [-0.2, -0.15) is 0 Å². The zero-order chi connectivity index (χ0) is 11.5. The molecule has 0 aromatic carbocycles. The Morgan fingerprint density at radius 1 is 1.60 bits per heavy atom. The third kappa shape index (κ3) is 3.47. The van der Waals surface area contributed by atoms with Crippen LogP contribution in [0.25, 0.3) is 0 Å². The number of piperidine rings is 1. The Bertz CT molecular complexity index is 228. The third-order valence-electron chi connectivity index (χ3n) is 2.84. The Morgan fingerprint density at radius 2 is 2.27 bits per heavy atom. The number of aliphatic hydroxyl groups excluding tert-OH is 1. The fraction of sp³-hybridized carbons (Fsp3) is 0.909. The first-order chi connectivity index (χ1) is 6.95. The molecule has 0 radical (unpaired) electrons. The van der Waals surface area contributed by atoms with Gasteiger partial charge in [0.15, 0.2) is 0 Å². The minimum atomic E-state index is -0.494. The van der Waals surface area contributed by atoms with Gasteiger partial charge < -0.3 is 9.84 Å². The average molecular weight is 215 g/mol. The van der Waals surface area contributed by atoms with Gasteiger partial charge in [-0.25, -0.2) is 0 Å². The maximum absolute atomic E-state index is 11.5. The summed E-state index contributed by atoms with van der Waals surface area (Å²) in [6.45, 7) is 6.02. The average Bonchev–Trinajstić information content (AvgIpc) is 2.15. The standard InChI is InChI=1S/C11H21NO3/c1-11(2,10(14)15-3)8-12-6-4-5-9(13)7-12/h9,13H,4-8H2,1-3H3. The summed E-state index contributed by atoms with van der Waals surface area (Å²) in [5.74, 6) is -0.192. The number of hydrogen-bond acceptors (Lipinski definition) is 4. The third-order valence-corrected chi connectivity index (χ3v) is 2.84. The van der Waals surface area contributed by atoms with Crippen molar-refractivity contribution >= 4 is 5.97 Å². The van der Waals surface area contributed by atoms with E-state index in [1.807, 2.05) is 13.8 Å². The number of β-amino-alcohol motifs (C(OH)–C–C–N with tert-alkyl or cyclic N) is 1. The van der Waals surface area contributed by atoms with Gasteiger partial charge in [-0.05, 0) is 33.2 Å². The summed E-state index contributed by atoms with van der Waals surface area (Å²) in [4.78, 5) is 13.6. The van der Waals surface area contributed by atoms with Gasteiger partial charge >= 0.3 is 5.97 Å². The number of rotatable bonds is 3. The lowest BCUT2D eigenvalue weighted by atomic mass is 9.92. The van der Waals surface area contributed by atoms with Gasteiger partial charge in [0.1, 0.15) is 0 Å². The number of carbonyl (C=O) groups is 1. The first-order valence-electron chi connectivity index (χ1n) is 5.44. The van der Waals surface area contributed by atoms with Crippen molar-refractivity contribution in [1.82, 2.24) is 4.90 Å². The summed E-state index contributed by atoms with van der Waals surface area (Å²) in [5, 5.41) is 9.51. The quantitative estimate of drug-likeness (QED) is 0.702. The predicted molar refractivity (Wildman–Crippen MR) is 57.5 cm³/mol. The first-order valence-corrected chi connectivity index (χ1v) is 5.44. The van der Waals surface area contributed by atoms with Crippen LogP contribution in [0.4, 0.5) is 0 Å². The van der Waals surface area contributed by atoms with Crippen LogP contribution in [-0.2, 0) is 9.53 Å². The second-order valence-electron chi connectivity index (χ2n) is 4.91. The lowest BCUT2D eigenvalue weighted by Gasteiger charge is -2.35. The molecular weight excluding hydrogens is 194 g/mol. The topological polar surface area (TPSA) is 49.8 Å². The van der Waals surface area contributed by atoms with E-state index in [4.69, 9.17) is 4.74 Å². The Labute approximate surface area is 91.2 Å². The Balaban J connectivity index is 2.49. The SMILES string of the molecule is COC(=O)C(C)(C)CN1CCCC(O)C1. The van der Waals surface area contributed by atoms with E-state index in [9.17, 15) is 9.90 Å². The molecule has 15 heavy (non-hydrogen) atoms. The molecule has 0 aliphatic carbocycles. The number of hydrogen-bond donors (Lipinski definition) is 1. The highest BCUT2D eigenvalue weighted by Gasteiger charge is 2.32. The summed E-state index contributed by atoms with van der Waals surface area (Å²) in [6, 6.07) is 0. The minimum absolute atomic E-state index is 0.192. The molecule has 1 fully saturated rings. The van der Waals surface area contributed by atoms with Crippen molar-refractivity contribution in [3.8, 4) is 0 Å². The van der Waals surface area contributed by atoms with Gasteiger partial charge in [-0.15, -0.1) is 0 Å². The van der Waals surface area contributed by atoms with Gasteiger partial charge in [0, 0.05) is 13.1 Å². The monoisotopic (exact) mass is 215 g/mol. The summed E-state index contributed by atoms with van der Waals surface area (Å²) in [7, 11) is 1.41. The molecule has 0 aromatic rings. The van der Waals surface area contributed by atoms with Crippen molar-refractivity contribution in [2.24, 2.45) is 5.41 Å². The molecule has 1 aliphatic rings. The van der Waals surface area contributed by atoms with Gasteiger partial charge in [0.05, 0.1) is 18.6 Å². The van der Waals surface area contributed by atoms with Crippen LogP contribution in [0.15, 0.2) is 0 Å². The van der Waals surface area contributed by atoms with E-state index in [2.05, 4.69) is 4.90 Å². The number of likely N-dealkylation sites (tertiary alicyclic amines) is 1. The van der Waals surface area contributed by atoms with E-state index in [1.165, 1.54) is 7.11 Å². The molecule has 1 saturated heterocycles. The molecule has 0 saturated carbocycles. The van der Waals surface area contributed by atoms with Crippen molar-refractivity contribution in [1.29, 1.82) is 0 Å². The molecular formula is C11H21NO3. The van der Waals surface area contributed by atoms with Crippen molar-refractivity contribution in [3.05, 3.63) is 0 Å². The zero-order valence-corrected chi connectivity index (χ0v) is 9.82.